The molecule has 0 atom stereocenters. The highest BCUT2D eigenvalue weighted by Crippen LogP contribution is 2.40. The highest BCUT2D eigenvalue weighted by atomic mass is 28.4. The summed E-state index contributed by atoms with van der Waals surface area (Å²) in [6.07, 6.45) is 5.63. The second kappa shape index (κ2) is 7.28. The van der Waals surface area contributed by atoms with Gasteiger partial charge in [-0.3, -0.25) is 0 Å². The van der Waals surface area contributed by atoms with Crippen molar-refractivity contribution in [1.82, 2.24) is 14.3 Å². The standard InChI is InChI=1S/C20H31N3O3Si/c1-20(2,3)27(4,5)26-11-10-22(19(24)25)13-17-14-23-12-16(15-6-7-15)8-9-18(23)21-17/h8-9,12,14-15H,6-7,10-11,13H2,1-5H3,(H,24,25). The molecular weight excluding hydrogens is 358 g/mol. The van der Waals surface area contributed by atoms with Gasteiger partial charge >= 0.3 is 6.09 Å². The minimum atomic E-state index is -1.88. The highest BCUT2D eigenvalue weighted by molar-refractivity contribution is 6.74. The van der Waals surface area contributed by atoms with Gasteiger partial charge in [0.1, 0.15) is 5.65 Å². The first-order valence-electron chi connectivity index (χ1n) is 9.66. The summed E-state index contributed by atoms with van der Waals surface area (Å²) in [5.74, 6) is 0.684. The Hall–Kier alpha value is -1.86. The molecule has 0 radical (unpaired) electrons. The van der Waals surface area contributed by atoms with Crippen LogP contribution in [0.5, 0.6) is 0 Å². The average Bonchev–Trinajstić information content (AvgIpc) is 3.32. The first-order chi connectivity index (χ1) is 12.6. The molecule has 0 aliphatic heterocycles. The quantitative estimate of drug-likeness (QED) is 0.696. The van der Waals surface area contributed by atoms with E-state index in [0.717, 1.165) is 11.3 Å². The Labute approximate surface area is 162 Å². The van der Waals surface area contributed by atoms with Crippen LogP contribution in [0.4, 0.5) is 4.79 Å². The number of carboxylic acid groups (broad SMARTS) is 1. The van der Waals surface area contributed by atoms with Gasteiger partial charge in [0, 0.05) is 18.9 Å². The number of carbonyl (C=O) groups is 1. The number of amides is 1. The van der Waals surface area contributed by atoms with Crippen LogP contribution in [0, 0.1) is 0 Å². The summed E-state index contributed by atoms with van der Waals surface area (Å²) < 4.78 is 8.14. The number of nitrogens with zero attached hydrogens (tertiary/aromatic N) is 3. The first kappa shape index (κ1) is 19.9. The van der Waals surface area contributed by atoms with Gasteiger partial charge in [-0.25, -0.2) is 9.78 Å². The van der Waals surface area contributed by atoms with E-state index in [1.807, 2.05) is 16.7 Å². The number of aromatic nitrogens is 2. The zero-order chi connectivity index (χ0) is 19.8. The summed E-state index contributed by atoms with van der Waals surface area (Å²) in [6.45, 7) is 11.9. The van der Waals surface area contributed by atoms with Gasteiger partial charge < -0.3 is 18.8 Å². The van der Waals surface area contributed by atoms with Crippen LogP contribution in [0.1, 0.15) is 50.8 Å². The van der Waals surface area contributed by atoms with Crippen LogP contribution in [0.25, 0.3) is 5.65 Å². The van der Waals surface area contributed by atoms with Crippen molar-refractivity contribution in [1.29, 1.82) is 0 Å². The maximum absolute atomic E-state index is 11.7. The molecule has 1 amide bonds. The maximum Gasteiger partial charge on any atom is 0.407 e. The van der Waals surface area contributed by atoms with Gasteiger partial charge in [-0.15, -0.1) is 0 Å². The van der Waals surface area contributed by atoms with E-state index in [1.54, 1.807) is 0 Å². The monoisotopic (exact) mass is 389 g/mol. The van der Waals surface area contributed by atoms with Gasteiger partial charge in [0.05, 0.1) is 18.8 Å². The summed E-state index contributed by atoms with van der Waals surface area (Å²) in [5.41, 5.74) is 2.96. The number of fused-ring (bicyclic) bond motifs is 1. The Morgan fingerprint density at radius 1 is 1.33 bits per heavy atom. The third kappa shape index (κ3) is 4.71. The Bertz CT molecular complexity index is 821. The second-order valence-corrected chi connectivity index (χ2v) is 13.9. The summed E-state index contributed by atoms with van der Waals surface area (Å²) in [7, 11) is -1.88. The molecule has 2 aromatic rings. The van der Waals surface area contributed by atoms with Crippen LogP contribution in [0.3, 0.4) is 0 Å². The van der Waals surface area contributed by atoms with Crippen LogP contribution in [0.2, 0.25) is 18.1 Å². The van der Waals surface area contributed by atoms with Gasteiger partial charge in [0.25, 0.3) is 0 Å². The molecule has 7 heteroatoms. The average molecular weight is 390 g/mol. The Balaban J connectivity index is 1.64. The van der Waals surface area contributed by atoms with Crippen LogP contribution in [-0.2, 0) is 11.0 Å². The number of imidazole rings is 1. The molecule has 1 aliphatic carbocycles. The second-order valence-electron chi connectivity index (χ2n) is 9.05. The lowest BCUT2D eigenvalue weighted by molar-refractivity contribution is 0.129. The predicted octanol–water partition coefficient (Wildman–Crippen LogP) is 4.71. The zero-order valence-electron chi connectivity index (χ0n) is 17.0. The van der Waals surface area contributed by atoms with Gasteiger partial charge in [0.2, 0.25) is 0 Å². The lowest BCUT2D eigenvalue weighted by Crippen LogP contribution is -2.43. The van der Waals surface area contributed by atoms with E-state index < -0.39 is 14.4 Å². The fourth-order valence-corrected chi connectivity index (χ4v) is 3.90. The van der Waals surface area contributed by atoms with E-state index in [2.05, 4.69) is 51.1 Å². The van der Waals surface area contributed by atoms with Gasteiger partial charge in [0.15, 0.2) is 8.32 Å². The lowest BCUT2D eigenvalue weighted by Gasteiger charge is -2.36. The summed E-state index contributed by atoms with van der Waals surface area (Å²) in [6, 6.07) is 4.15. The third-order valence-corrected chi connectivity index (χ3v) is 10.4. The fourth-order valence-electron chi connectivity index (χ4n) is 2.86. The molecular formula is C20H31N3O3Si. The molecule has 2 aromatic heterocycles. The molecule has 1 aliphatic rings. The normalized spacial score (nSPS) is 15.3. The molecule has 0 bridgehead atoms. The number of rotatable bonds is 7. The lowest BCUT2D eigenvalue weighted by atomic mass is 10.2. The van der Waals surface area contributed by atoms with E-state index in [-0.39, 0.29) is 11.6 Å². The van der Waals surface area contributed by atoms with Crippen LogP contribution < -0.4 is 0 Å². The molecule has 3 rings (SSSR count). The van der Waals surface area contributed by atoms with Crippen molar-refractivity contribution in [2.24, 2.45) is 0 Å². The van der Waals surface area contributed by atoms with Crippen molar-refractivity contribution in [3.8, 4) is 0 Å². The molecule has 2 heterocycles. The van der Waals surface area contributed by atoms with Crippen LogP contribution >= 0.6 is 0 Å². The summed E-state index contributed by atoms with van der Waals surface area (Å²) in [4.78, 5) is 17.6. The molecule has 0 aromatic carbocycles. The largest absolute Gasteiger partial charge is 0.465 e. The first-order valence-corrected chi connectivity index (χ1v) is 12.6. The molecule has 0 unspecified atom stereocenters. The van der Waals surface area contributed by atoms with Crippen molar-refractivity contribution >= 4 is 20.1 Å². The van der Waals surface area contributed by atoms with E-state index in [0.29, 0.717) is 19.1 Å². The molecule has 1 N–H and O–H groups in total. The molecule has 1 saturated carbocycles. The minimum Gasteiger partial charge on any atom is -0.465 e. The van der Waals surface area contributed by atoms with Gasteiger partial charge in [-0.2, -0.15) is 0 Å². The van der Waals surface area contributed by atoms with Crippen molar-refractivity contribution < 1.29 is 14.3 Å². The fraction of sp³-hybridized carbons (Fsp3) is 0.600. The summed E-state index contributed by atoms with van der Waals surface area (Å²) >= 11 is 0. The van der Waals surface area contributed by atoms with E-state index in [9.17, 15) is 9.90 Å². The number of hydrogen-bond acceptors (Lipinski definition) is 3. The van der Waals surface area contributed by atoms with Crippen molar-refractivity contribution in [2.75, 3.05) is 13.2 Å². The SMILES string of the molecule is CC(C)(C)[Si](C)(C)OCCN(Cc1cn2cc(C3CC3)ccc2n1)C(=O)O. The molecule has 148 valence electrons. The zero-order valence-corrected chi connectivity index (χ0v) is 18.0. The van der Waals surface area contributed by atoms with Crippen molar-refractivity contribution in [3.05, 3.63) is 35.8 Å². The number of hydrogen-bond donors (Lipinski definition) is 1. The topological polar surface area (TPSA) is 67.1 Å². The van der Waals surface area contributed by atoms with Crippen LogP contribution in [-0.4, -0.2) is 47.0 Å². The predicted molar refractivity (Wildman–Crippen MR) is 109 cm³/mol. The van der Waals surface area contributed by atoms with Gasteiger partial charge in [-0.1, -0.05) is 26.8 Å². The Morgan fingerprint density at radius 3 is 2.63 bits per heavy atom. The van der Waals surface area contributed by atoms with E-state index in [4.69, 9.17) is 4.43 Å². The summed E-state index contributed by atoms with van der Waals surface area (Å²) in [5, 5.41) is 9.68. The molecule has 6 nitrogen and oxygen atoms in total. The Morgan fingerprint density at radius 2 is 2.04 bits per heavy atom. The highest BCUT2D eigenvalue weighted by Gasteiger charge is 2.37. The maximum atomic E-state index is 11.7. The van der Waals surface area contributed by atoms with Gasteiger partial charge in [-0.05, 0) is 48.5 Å². The smallest absolute Gasteiger partial charge is 0.407 e. The molecule has 0 saturated heterocycles. The van der Waals surface area contributed by atoms with Crippen molar-refractivity contribution in [2.45, 2.75) is 64.2 Å². The van der Waals surface area contributed by atoms with Crippen LogP contribution in [0.15, 0.2) is 24.5 Å². The van der Waals surface area contributed by atoms with E-state index >= 15 is 0 Å². The molecule has 27 heavy (non-hydrogen) atoms. The number of pyridine rings is 1. The van der Waals surface area contributed by atoms with Crippen molar-refractivity contribution in [3.63, 3.8) is 0 Å². The minimum absolute atomic E-state index is 0.113. The molecule has 1 fully saturated rings. The Kier molecular flexibility index (Phi) is 5.36. The molecule has 0 spiro atoms. The third-order valence-electron chi connectivity index (χ3n) is 5.83. The van der Waals surface area contributed by atoms with E-state index in [1.165, 1.54) is 23.3 Å².